The van der Waals surface area contributed by atoms with Gasteiger partial charge in [-0.2, -0.15) is 15.8 Å². The molecule has 0 saturated heterocycles. The molecule has 0 amide bonds. The van der Waals surface area contributed by atoms with E-state index < -0.39 is 5.41 Å². The van der Waals surface area contributed by atoms with Gasteiger partial charge in [0.25, 0.3) is 0 Å². The third kappa shape index (κ3) is 2.89. The Kier molecular flexibility index (Phi) is 4.82. The van der Waals surface area contributed by atoms with Crippen molar-refractivity contribution in [2.24, 2.45) is 23.0 Å². The molecule has 0 fully saturated rings. The minimum absolute atomic E-state index is 0.0178. The van der Waals surface area contributed by atoms with Crippen LogP contribution in [0.2, 0.25) is 0 Å². The second-order valence-electron chi connectivity index (χ2n) is 9.12. The molecule has 2 N–H and O–H groups in total. The summed E-state index contributed by atoms with van der Waals surface area (Å²) < 4.78 is 0. The highest BCUT2D eigenvalue weighted by atomic mass is 14.7. The SMILES string of the molecule is C[C@@H]1CC=C2C(C#N)=C(N)C(C#N)(C#N)[C@@H](c3ccc(C(C)(C)C)cc3)[C@@H]2C1. The molecule has 0 spiro atoms. The molecule has 0 saturated carbocycles. The van der Waals surface area contributed by atoms with Crippen molar-refractivity contribution in [2.45, 2.75) is 51.9 Å². The fourth-order valence-corrected chi connectivity index (χ4v) is 4.64. The standard InChI is InChI=1S/C24H26N4/c1-15-5-10-18-19(11-15)21(16-6-8-17(9-7-16)23(2,3)4)24(13-26,14-27)22(28)20(18)12-25/h6-10,15,19,21H,5,11,28H2,1-4H3/t15-,19-,21+/m1/s1. The maximum atomic E-state index is 10.1. The highest BCUT2D eigenvalue weighted by Crippen LogP contribution is 2.56. The molecular formula is C24H26N4. The first-order valence-corrected chi connectivity index (χ1v) is 9.73. The number of allylic oxidation sites excluding steroid dienone is 4. The monoisotopic (exact) mass is 370 g/mol. The van der Waals surface area contributed by atoms with E-state index in [4.69, 9.17) is 5.73 Å². The van der Waals surface area contributed by atoms with Crippen LogP contribution in [0.4, 0.5) is 0 Å². The Bertz CT molecular complexity index is 954. The predicted molar refractivity (Wildman–Crippen MR) is 108 cm³/mol. The fraction of sp³-hybridized carbons (Fsp3) is 0.458. The molecule has 3 rings (SSSR count). The van der Waals surface area contributed by atoms with E-state index in [-0.39, 0.29) is 22.9 Å². The Morgan fingerprint density at radius 2 is 1.68 bits per heavy atom. The summed E-state index contributed by atoms with van der Waals surface area (Å²) in [6, 6.07) is 14.8. The van der Waals surface area contributed by atoms with Crippen LogP contribution in [0, 0.1) is 51.2 Å². The van der Waals surface area contributed by atoms with Crippen molar-refractivity contribution in [2.75, 3.05) is 0 Å². The van der Waals surface area contributed by atoms with Crippen LogP contribution in [0.25, 0.3) is 0 Å². The third-order valence-corrected chi connectivity index (χ3v) is 6.25. The molecule has 3 atom stereocenters. The van der Waals surface area contributed by atoms with Crippen molar-refractivity contribution in [3.05, 3.63) is 58.3 Å². The molecule has 4 heteroatoms. The van der Waals surface area contributed by atoms with Crippen LogP contribution < -0.4 is 5.73 Å². The molecule has 0 radical (unpaired) electrons. The molecule has 0 aliphatic heterocycles. The Morgan fingerprint density at radius 1 is 1.07 bits per heavy atom. The first-order chi connectivity index (χ1) is 13.2. The molecule has 4 nitrogen and oxygen atoms in total. The maximum absolute atomic E-state index is 10.1. The van der Waals surface area contributed by atoms with Crippen molar-refractivity contribution >= 4 is 0 Å². The number of hydrogen-bond donors (Lipinski definition) is 1. The topological polar surface area (TPSA) is 97.4 Å². The third-order valence-electron chi connectivity index (χ3n) is 6.25. The Hall–Kier alpha value is -3.03. The van der Waals surface area contributed by atoms with Crippen LogP contribution in [-0.2, 0) is 5.41 Å². The minimum atomic E-state index is -1.53. The average molecular weight is 371 g/mol. The molecular weight excluding hydrogens is 344 g/mol. The lowest BCUT2D eigenvalue weighted by atomic mass is 9.56. The highest BCUT2D eigenvalue weighted by Gasteiger charge is 2.54. The van der Waals surface area contributed by atoms with E-state index in [2.05, 4.69) is 64.1 Å². The lowest BCUT2D eigenvalue weighted by Gasteiger charge is -2.44. The number of hydrogen-bond acceptors (Lipinski definition) is 4. The number of rotatable bonds is 1. The first-order valence-electron chi connectivity index (χ1n) is 9.73. The van der Waals surface area contributed by atoms with Gasteiger partial charge in [-0.1, -0.05) is 58.0 Å². The van der Waals surface area contributed by atoms with Crippen molar-refractivity contribution in [3.8, 4) is 18.2 Å². The van der Waals surface area contributed by atoms with Gasteiger partial charge >= 0.3 is 0 Å². The van der Waals surface area contributed by atoms with Gasteiger partial charge in [-0.15, -0.1) is 0 Å². The molecule has 2 aliphatic rings. The summed E-state index contributed by atoms with van der Waals surface area (Å²) in [6.45, 7) is 8.63. The number of nitrogens with two attached hydrogens (primary N) is 1. The van der Waals surface area contributed by atoms with Gasteiger partial charge in [0.15, 0.2) is 5.41 Å². The van der Waals surface area contributed by atoms with Crippen molar-refractivity contribution in [3.63, 3.8) is 0 Å². The van der Waals surface area contributed by atoms with Gasteiger partial charge in [0.2, 0.25) is 0 Å². The van der Waals surface area contributed by atoms with E-state index in [9.17, 15) is 15.8 Å². The van der Waals surface area contributed by atoms with Crippen LogP contribution in [0.5, 0.6) is 0 Å². The molecule has 0 heterocycles. The lowest BCUT2D eigenvalue weighted by Crippen LogP contribution is -2.43. The van der Waals surface area contributed by atoms with Crippen LogP contribution >= 0.6 is 0 Å². The number of benzene rings is 1. The number of fused-ring (bicyclic) bond motifs is 1. The minimum Gasteiger partial charge on any atom is -0.399 e. The summed E-state index contributed by atoms with van der Waals surface area (Å²) in [6.07, 6.45) is 3.80. The number of nitrogens with zero attached hydrogens (tertiary/aromatic N) is 3. The smallest absolute Gasteiger partial charge is 0.191 e. The van der Waals surface area contributed by atoms with E-state index in [1.165, 1.54) is 5.56 Å². The second-order valence-corrected chi connectivity index (χ2v) is 9.12. The van der Waals surface area contributed by atoms with Crippen molar-refractivity contribution in [1.82, 2.24) is 0 Å². The van der Waals surface area contributed by atoms with Gasteiger partial charge in [0.1, 0.15) is 6.07 Å². The van der Waals surface area contributed by atoms with E-state index >= 15 is 0 Å². The first kappa shape index (κ1) is 19.7. The highest BCUT2D eigenvalue weighted by molar-refractivity contribution is 5.59. The molecule has 28 heavy (non-hydrogen) atoms. The predicted octanol–water partition coefficient (Wildman–Crippen LogP) is 4.82. The molecule has 1 aromatic rings. The van der Waals surface area contributed by atoms with E-state index in [0.29, 0.717) is 11.5 Å². The van der Waals surface area contributed by atoms with Gasteiger partial charge in [-0.05, 0) is 46.8 Å². The van der Waals surface area contributed by atoms with Crippen LogP contribution in [0.15, 0.2) is 47.2 Å². The maximum Gasteiger partial charge on any atom is 0.191 e. The molecule has 0 unspecified atom stereocenters. The van der Waals surface area contributed by atoms with Gasteiger partial charge in [0, 0.05) is 5.92 Å². The Labute approximate surface area is 167 Å². The summed E-state index contributed by atoms with van der Waals surface area (Å²) in [4.78, 5) is 0. The molecule has 0 bridgehead atoms. The summed E-state index contributed by atoms with van der Waals surface area (Å²) in [5.74, 6) is -0.0208. The lowest BCUT2D eigenvalue weighted by molar-refractivity contribution is 0.284. The number of nitriles is 3. The summed E-state index contributed by atoms with van der Waals surface area (Å²) in [5, 5.41) is 29.9. The average Bonchev–Trinajstić information content (AvgIpc) is 2.67. The van der Waals surface area contributed by atoms with E-state index in [1.807, 2.05) is 12.1 Å². The normalized spacial score (nSPS) is 26.3. The van der Waals surface area contributed by atoms with Gasteiger partial charge in [-0.3, -0.25) is 0 Å². The van der Waals surface area contributed by atoms with Crippen LogP contribution in [0.1, 0.15) is 57.6 Å². The summed E-state index contributed by atoms with van der Waals surface area (Å²) in [7, 11) is 0. The largest absolute Gasteiger partial charge is 0.399 e. The molecule has 142 valence electrons. The quantitative estimate of drug-likeness (QED) is 0.766. The zero-order valence-electron chi connectivity index (χ0n) is 17.0. The fourth-order valence-electron chi connectivity index (χ4n) is 4.64. The second kappa shape index (κ2) is 6.85. The van der Waals surface area contributed by atoms with Crippen LogP contribution in [-0.4, -0.2) is 0 Å². The zero-order valence-corrected chi connectivity index (χ0v) is 17.0. The van der Waals surface area contributed by atoms with Gasteiger partial charge in [0.05, 0.1) is 23.4 Å². The summed E-state index contributed by atoms with van der Waals surface area (Å²) >= 11 is 0. The molecule has 0 aromatic heterocycles. The Balaban J connectivity index is 2.25. The summed E-state index contributed by atoms with van der Waals surface area (Å²) in [5.41, 5.74) is 8.27. The molecule has 1 aromatic carbocycles. The van der Waals surface area contributed by atoms with E-state index in [1.54, 1.807) is 0 Å². The van der Waals surface area contributed by atoms with Gasteiger partial charge < -0.3 is 5.73 Å². The van der Waals surface area contributed by atoms with Crippen molar-refractivity contribution in [1.29, 1.82) is 15.8 Å². The van der Waals surface area contributed by atoms with E-state index in [0.717, 1.165) is 24.0 Å². The Morgan fingerprint density at radius 3 is 2.18 bits per heavy atom. The van der Waals surface area contributed by atoms with Gasteiger partial charge in [-0.25, -0.2) is 0 Å². The zero-order chi connectivity index (χ0) is 20.7. The van der Waals surface area contributed by atoms with Crippen molar-refractivity contribution < 1.29 is 0 Å². The van der Waals surface area contributed by atoms with Crippen LogP contribution in [0.3, 0.4) is 0 Å². The molecule has 2 aliphatic carbocycles.